The number of aromatic carboxylic acids is 1. The highest BCUT2D eigenvalue weighted by atomic mass is 16.4. The van der Waals surface area contributed by atoms with Gasteiger partial charge in [0.1, 0.15) is 0 Å². The molecule has 0 saturated carbocycles. The summed E-state index contributed by atoms with van der Waals surface area (Å²) in [5.74, 6) is -0.591. The van der Waals surface area contributed by atoms with Gasteiger partial charge in [-0.2, -0.15) is 0 Å². The van der Waals surface area contributed by atoms with Crippen molar-refractivity contribution in [2.75, 3.05) is 0 Å². The Morgan fingerprint density at radius 1 is 1.26 bits per heavy atom. The van der Waals surface area contributed by atoms with Crippen molar-refractivity contribution < 1.29 is 14.7 Å². The van der Waals surface area contributed by atoms with E-state index in [0.29, 0.717) is 23.5 Å². The number of carboxylic acids is 1. The predicted octanol–water partition coefficient (Wildman–Crippen LogP) is 2.92. The Morgan fingerprint density at radius 3 is 2.37 bits per heavy atom. The Kier molecular flexibility index (Phi) is 5.10. The number of carboxylic acid groups (broad SMARTS) is 1. The van der Waals surface area contributed by atoms with Gasteiger partial charge in [-0.05, 0) is 37.0 Å². The fourth-order valence-corrected chi connectivity index (χ4v) is 1.95. The lowest BCUT2D eigenvalue weighted by molar-refractivity contribution is -0.122. The Bertz CT molecular complexity index is 480. The first-order valence-electron chi connectivity index (χ1n) is 6.44. The number of benzene rings is 1. The maximum atomic E-state index is 11.7. The van der Waals surface area contributed by atoms with Crippen molar-refractivity contribution in [1.29, 1.82) is 0 Å². The van der Waals surface area contributed by atoms with E-state index in [1.165, 1.54) is 0 Å². The minimum absolute atomic E-state index is 0.0162. The molecule has 0 bridgehead atoms. The van der Waals surface area contributed by atoms with E-state index >= 15 is 0 Å². The first kappa shape index (κ1) is 15.2. The van der Waals surface area contributed by atoms with Gasteiger partial charge in [-0.15, -0.1) is 0 Å². The van der Waals surface area contributed by atoms with Crippen LogP contribution in [-0.4, -0.2) is 17.0 Å². The zero-order valence-electron chi connectivity index (χ0n) is 11.9. The summed E-state index contributed by atoms with van der Waals surface area (Å²) in [6.45, 7) is 7.65. The molecule has 0 aliphatic carbocycles. The third-order valence-corrected chi connectivity index (χ3v) is 2.95. The highest BCUT2D eigenvalue weighted by molar-refractivity contribution is 5.89. The second-order valence-electron chi connectivity index (χ2n) is 5.27. The van der Waals surface area contributed by atoms with E-state index in [1.54, 1.807) is 19.1 Å². The third kappa shape index (κ3) is 4.39. The summed E-state index contributed by atoms with van der Waals surface area (Å²) in [6, 6.07) is 5.02. The lowest BCUT2D eigenvalue weighted by Crippen LogP contribution is -2.27. The molecule has 0 aliphatic rings. The van der Waals surface area contributed by atoms with Crippen LogP contribution in [0.2, 0.25) is 0 Å². The monoisotopic (exact) mass is 263 g/mol. The molecule has 1 unspecified atom stereocenters. The van der Waals surface area contributed by atoms with Crippen molar-refractivity contribution in [2.45, 2.75) is 40.2 Å². The summed E-state index contributed by atoms with van der Waals surface area (Å²) >= 11 is 0. The number of hydrogen-bond donors (Lipinski definition) is 2. The molecular weight excluding hydrogens is 242 g/mol. The van der Waals surface area contributed by atoms with Crippen LogP contribution < -0.4 is 5.32 Å². The van der Waals surface area contributed by atoms with Gasteiger partial charge in [0.05, 0.1) is 11.6 Å². The molecule has 4 nitrogen and oxygen atoms in total. The van der Waals surface area contributed by atoms with Crippen molar-refractivity contribution in [2.24, 2.45) is 5.92 Å². The van der Waals surface area contributed by atoms with Crippen LogP contribution in [-0.2, 0) is 4.79 Å². The summed E-state index contributed by atoms with van der Waals surface area (Å²) in [6.07, 6.45) is 0.497. The Labute approximate surface area is 113 Å². The van der Waals surface area contributed by atoms with Crippen LogP contribution in [0.3, 0.4) is 0 Å². The zero-order chi connectivity index (χ0) is 14.6. The fourth-order valence-electron chi connectivity index (χ4n) is 1.95. The normalized spacial score (nSPS) is 12.3. The quantitative estimate of drug-likeness (QED) is 0.858. The molecule has 2 N–H and O–H groups in total. The molecule has 0 spiro atoms. The number of carbonyl (C=O) groups excluding carboxylic acids is 1. The van der Waals surface area contributed by atoms with E-state index < -0.39 is 5.97 Å². The van der Waals surface area contributed by atoms with Crippen LogP contribution in [0.15, 0.2) is 18.2 Å². The van der Waals surface area contributed by atoms with Gasteiger partial charge in [0.15, 0.2) is 0 Å². The average molecular weight is 263 g/mol. The van der Waals surface area contributed by atoms with Gasteiger partial charge in [-0.1, -0.05) is 26.0 Å². The molecule has 0 saturated heterocycles. The Hall–Kier alpha value is -1.84. The highest BCUT2D eigenvalue weighted by Gasteiger charge is 2.13. The molecule has 0 aliphatic heterocycles. The lowest BCUT2D eigenvalue weighted by Gasteiger charge is -2.16. The standard InChI is InChI=1S/C15H21NO3/c1-9(2)7-14(17)16-11(4)12-5-6-13(15(18)19)10(3)8-12/h5-6,8-9,11H,7H2,1-4H3,(H,16,17)(H,18,19). The van der Waals surface area contributed by atoms with Crippen molar-refractivity contribution in [3.63, 3.8) is 0 Å². The fraction of sp³-hybridized carbons (Fsp3) is 0.467. The molecule has 1 aromatic carbocycles. The second kappa shape index (κ2) is 6.36. The van der Waals surface area contributed by atoms with Crippen LogP contribution in [0.4, 0.5) is 0 Å². The smallest absolute Gasteiger partial charge is 0.335 e. The molecule has 0 aromatic heterocycles. The molecule has 19 heavy (non-hydrogen) atoms. The van der Waals surface area contributed by atoms with Crippen molar-refractivity contribution in [3.05, 3.63) is 34.9 Å². The minimum Gasteiger partial charge on any atom is -0.478 e. The SMILES string of the molecule is Cc1cc(C(C)NC(=O)CC(C)C)ccc1C(=O)O. The molecule has 1 amide bonds. The van der Waals surface area contributed by atoms with Gasteiger partial charge in [-0.3, -0.25) is 4.79 Å². The van der Waals surface area contributed by atoms with Crippen LogP contribution in [0.25, 0.3) is 0 Å². The molecule has 1 atom stereocenters. The van der Waals surface area contributed by atoms with E-state index in [0.717, 1.165) is 5.56 Å². The number of carbonyl (C=O) groups is 2. The molecule has 104 valence electrons. The summed E-state index contributed by atoms with van der Waals surface area (Å²) < 4.78 is 0. The lowest BCUT2D eigenvalue weighted by atomic mass is 10.0. The number of aryl methyl sites for hydroxylation is 1. The van der Waals surface area contributed by atoms with E-state index in [9.17, 15) is 9.59 Å². The molecule has 0 radical (unpaired) electrons. The predicted molar refractivity (Wildman–Crippen MR) is 74.2 cm³/mol. The largest absolute Gasteiger partial charge is 0.478 e. The van der Waals surface area contributed by atoms with Gasteiger partial charge in [0.2, 0.25) is 5.91 Å². The van der Waals surface area contributed by atoms with Gasteiger partial charge in [-0.25, -0.2) is 4.79 Å². The van der Waals surface area contributed by atoms with Gasteiger partial charge in [0, 0.05) is 6.42 Å². The summed E-state index contributed by atoms with van der Waals surface area (Å²) in [5, 5.41) is 11.9. The molecule has 0 fully saturated rings. The molecule has 1 aromatic rings. The highest BCUT2D eigenvalue weighted by Crippen LogP contribution is 2.17. The number of nitrogens with one attached hydrogen (secondary N) is 1. The van der Waals surface area contributed by atoms with E-state index in [1.807, 2.05) is 26.8 Å². The van der Waals surface area contributed by atoms with Crippen LogP contribution in [0.5, 0.6) is 0 Å². The summed E-state index contributed by atoms with van der Waals surface area (Å²) in [4.78, 5) is 22.6. The topological polar surface area (TPSA) is 66.4 Å². The number of hydrogen-bond acceptors (Lipinski definition) is 2. The van der Waals surface area contributed by atoms with Gasteiger partial charge < -0.3 is 10.4 Å². The maximum Gasteiger partial charge on any atom is 0.335 e. The second-order valence-corrected chi connectivity index (χ2v) is 5.27. The molecule has 1 rings (SSSR count). The maximum absolute atomic E-state index is 11.7. The molecule has 4 heteroatoms. The molecule has 0 heterocycles. The summed E-state index contributed by atoms with van der Waals surface area (Å²) in [5.41, 5.74) is 1.92. The summed E-state index contributed by atoms with van der Waals surface area (Å²) in [7, 11) is 0. The number of amides is 1. The van der Waals surface area contributed by atoms with Gasteiger partial charge in [0.25, 0.3) is 0 Å². The van der Waals surface area contributed by atoms with Crippen molar-refractivity contribution >= 4 is 11.9 Å². The van der Waals surface area contributed by atoms with Crippen LogP contribution in [0, 0.1) is 12.8 Å². The first-order chi connectivity index (χ1) is 8.81. The van der Waals surface area contributed by atoms with Crippen LogP contribution in [0.1, 0.15) is 54.7 Å². The van der Waals surface area contributed by atoms with E-state index in [4.69, 9.17) is 5.11 Å². The van der Waals surface area contributed by atoms with Gasteiger partial charge >= 0.3 is 5.97 Å². The Morgan fingerprint density at radius 2 is 1.89 bits per heavy atom. The third-order valence-electron chi connectivity index (χ3n) is 2.95. The molecular formula is C15H21NO3. The number of rotatable bonds is 5. The van der Waals surface area contributed by atoms with Crippen LogP contribution >= 0.6 is 0 Å². The Balaban J connectivity index is 2.78. The minimum atomic E-state index is -0.930. The van der Waals surface area contributed by atoms with E-state index in [2.05, 4.69) is 5.32 Å². The van der Waals surface area contributed by atoms with Crippen molar-refractivity contribution in [3.8, 4) is 0 Å². The average Bonchev–Trinajstić information content (AvgIpc) is 2.26. The van der Waals surface area contributed by atoms with Crippen molar-refractivity contribution in [1.82, 2.24) is 5.32 Å². The first-order valence-corrected chi connectivity index (χ1v) is 6.44. The zero-order valence-corrected chi connectivity index (χ0v) is 11.9. The van der Waals surface area contributed by atoms with E-state index in [-0.39, 0.29) is 11.9 Å².